The number of carbonyl (C=O) groups excluding carboxylic acids is 1. The third-order valence-corrected chi connectivity index (χ3v) is 6.21. The van der Waals surface area contributed by atoms with Crippen LogP contribution in [0, 0.1) is 10.1 Å². The number of rotatable bonds is 11. The summed E-state index contributed by atoms with van der Waals surface area (Å²) in [5, 5.41) is 20.8. The summed E-state index contributed by atoms with van der Waals surface area (Å²) in [6, 6.07) is 15.1. The zero-order valence-electron chi connectivity index (χ0n) is 21.7. The van der Waals surface area contributed by atoms with Crippen LogP contribution in [-0.2, 0) is 19.6 Å². The normalized spacial score (nSPS) is 13.4. The van der Waals surface area contributed by atoms with Crippen LogP contribution in [0.1, 0.15) is 59.8 Å². The molecule has 0 amide bonds. The first-order valence-corrected chi connectivity index (χ1v) is 12.5. The molecule has 0 saturated heterocycles. The first-order chi connectivity index (χ1) is 18.2. The van der Waals surface area contributed by atoms with Crippen molar-refractivity contribution in [1.82, 2.24) is 0 Å². The minimum absolute atomic E-state index is 0.000802. The van der Waals surface area contributed by atoms with Gasteiger partial charge in [-0.05, 0) is 79.9 Å². The van der Waals surface area contributed by atoms with Crippen molar-refractivity contribution in [2.45, 2.75) is 52.4 Å². The van der Waals surface area contributed by atoms with E-state index < -0.39 is 10.5 Å². The van der Waals surface area contributed by atoms with E-state index >= 15 is 0 Å². The van der Waals surface area contributed by atoms with Crippen molar-refractivity contribution in [2.24, 2.45) is 0 Å². The summed E-state index contributed by atoms with van der Waals surface area (Å²) < 4.78 is 18.0. The molecule has 3 aromatic carbocycles. The van der Waals surface area contributed by atoms with Gasteiger partial charge >= 0.3 is 0 Å². The minimum atomic E-state index is -0.475. The zero-order valence-corrected chi connectivity index (χ0v) is 21.7. The Morgan fingerprint density at radius 3 is 2.47 bits per heavy atom. The predicted molar refractivity (Wildman–Crippen MR) is 144 cm³/mol. The summed E-state index contributed by atoms with van der Waals surface area (Å²) in [4.78, 5) is 23.8. The SMILES string of the molecule is CCCc1ccc(C(=O)COc2c(CO)ccc3c2C=CC(C)(C)O3)c(OCc2ccc([N+](=O)[O-])cc2)c1. The number of nitro benzene ring substituents is 1. The van der Waals surface area contributed by atoms with Gasteiger partial charge in [0.2, 0.25) is 5.78 Å². The Labute approximate surface area is 221 Å². The van der Waals surface area contributed by atoms with E-state index in [0.29, 0.717) is 33.9 Å². The Kier molecular flexibility index (Phi) is 8.12. The topological polar surface area (TPSA) is 108 Å². The molecule has 8 nitrogen and oxygen atoms in total. The summed E-state index contributed by atoms with van der Waals surface area (Å²) in [5.41, 5.74) is 2.90. The van der Waals surface area contributed by atoms with Crippen LogP contribution in [0.2, 0.25) is 0 Å². The quantitative estimate of drug-likeness (QED) is 0.187. The van der Waals surface area contributed by atoms with Gasteiger partial charge in [0, 0.05) is 17.7 Å². The smallest absolute Gasteiger partial charge is 0.269 e. The summed E-state index contributed by atoms with van der Waals surface area (Å²) in [6.45, 7) is 5.59. The third kappa shape index (κ3) is 6.20. The fourth-order valence-corrected chi connectivity index (χ4v) is 4.22. The van der Waals surface area contributed by atoms with E-state index in [-0.39, 0.29) is 31.3 Å². The van der Waals surface area contributed by atoms with Crippen molar-refractivity contribution in [2.75, 3.05) is 6.61 Å². The van der Waals surface area contributed by atoms with Crippen molar-refractivity contribution in [1.29, 1.82) is 0 Å². The van der Waals surface area contributed by atoms with E-state index in [1.54, 1.807) is 30.3 Å². The van der Waals surface area contributed by atoms with E-state index in [1.165, 1.54) is 12.1 Å². The van der Waals surface area contributed by atoms with E-state index in [2.05, 4.69) is 6.92 Å². The fraction of sp³-hybridized carbons (Fsp3) is 0.300. The fourth-order valence-electron chi connectivity index (χ4n) is 4.22. The molecule has 198 valence electrons. The number of nitrogens with zero attached hydrogens (tertiary/aromatic N) is 1. The highest BCUT2D eigenvalue weighted by atomic mass is 16.6. The maximum absolute atomic E-state index is 13.3. The Bertz CT molecular complexity index is 1360. The van der Waals surface area contributed by atoms with Gasteiger partial charge in [0.05, 0.1) is 22.7 Å². The van der Waals surface area contributed by atoms with Gasteiger partial charge < -0.3 is 19.3 Å². The van der Waals surface area contributed by atoms with Gasteiger partial charge in [-0.2, -0.15) is 0 Å². The lowest BCUT2D eigenvalue weighted by Crippen LogP contribution is -2.27. The average molecular weight is 518 g/mol. The highest BCUT2D eigenvalue weighted by molar-refractivity contribution is 6.00. The molecule has 0 bridgehead atoms. The van der Waals surface area contributed by atoms with Gasteiger partial charge in [0.25, 0.3) is 5.69 Å². The number of ether oxygens (including phenoxy) is 3. The summed E-state index contributed by atoms with van der Waals surface area (Å²) >= 11 is 0. The van der Waals surface area contributed by atoms with Crippen molar-refractivity contribution < 1.29 is 29.0 Å². The number of aliphatic hydroxyl groups excluding tert-OH is 1. The van der Waals surface area contributed by atoms with Gasteiger partial charge in [-0.3, -0.25) is 14.9 Å². The number of hydrogen-bond acceptors (Lipinski definition) is 7. The summed E-state index contributed by atoms with van der Waals surface area (Å²) in [7, 11) is 0. The largest absolute Gasteiger partial charge is 0.488 e. The van der Waals surface area contributed by atoms with Crippen molar-refractivity contribution >= 4 is 17.5 Å². The molecule has 1 aliphatic rings. The monoisotopic (exact) mass is 517 g/mol. The molecule has 1 heterocycles. The molecule has 0 aliphatic carbocycles. The highest BCUT2D eigenvalue weighted by Gasteiger charge is 2.26. The number of aryl methyl sites for hydroxylation is 1. The maximum atomic E-state index is 13.3. The van der Waals surface area contributed by atoms with Crippen LogP contribution in [0.15, 0.2) is 60.7 Å². The number of nitro groups is 1. The number of aliphatic hydroxyl groups is 1. The number of benzene rings is 3. The molecule has 3 aromatic rings. The van der Waals surface area contributed by atoms with Gasteiger partial charge in [0.1, 0.15) is 29.5 Å². The molecule has 8 heteroatoms. The van der Waals surface area contributed by atoms with E-state index in [1.807, 2.05) is 38.1 Å². The summed E-state index contributed by atoms with van der Waals surface area (Å²) in [5.74, 6) is 1.16. The van der Waals surface area contributed by atoms with Crippen molar-refractivity contribution in [3.8, 4) is 17.2 Å². The Balaban J connectivity index is 1.55. The van der Waals surface area contributed by atoms with Gasteiger partial charge in [0.15, 0.2) is 6.61 Å². The molecule has 0 spiro atoms. The van der Waals surface area contributed by atoms with Gasteiger partial charge in [-0.15, -0.1) is 0 Å². The first-order valence-electron chi connectivity index (χ1n) is 12.5. The van der Waals surface area contributed by atoms with Gasteiger partial charge in [-0.25, -0.2) is 0 Å². The molecular formula is C30H31NO7. The average Bonchev–Trinajstić information content (AvgIpc) is 2.90. The number of Topliss-reactive ketones (excluding diaryl/α,β-unsaturated/α-hetero) is 1. The Morgan fingerprint density at radius 2 is 1.79 bits per heavy atom. The molecule has 1 N–H and O–H groups in total. The minimum Gasteiger partial charge on any atom is -0.488 e. The number of hydrogen-bond donors (Lipinski definition) is 1. The van der Waals surface area contributed by atoms with E-state index in [0.717, 1.165) is 24.0 Å². The summed E-state index contributed by atoms with van der Waals surface area (Å²) in [6.07, 6.45) is 5.56. The molecule has 0 unspecified atom stereocenters. The van der Waals surface area contributed by atoms with Crippen LogP contribution in [-0.4, -0.2) is 28.0 Å². The lowest BCUT2D eigenvalue weighted by molar-refractivity contribution is -0.384. The van der Waals surface area contributed by atoms with Crippen LogP contribution >= 0.6 is 0 Å². The predicted octanol–water partition coefficient (Wildman–Crippen LogP) is 6.06. The molecule has 4 rings (SSSR count). The second-order valence-corrected chi connectivity index (χ2v) is 9.67. The Morgan fingerprint density at radius 1 is 1.05 bits per heavy atom. The van der Waals surface area contributed by atoms with E-state index in [9.17, 15) is 20.0 Å². The Hall–Kier alpha value is -4.17. The molecule has 1 aliphatic heterocycles. The standard InChI is InChI=1S/C30H31NO7/c1-4-5-20-8-12-24(28(16-20)36-18-21-6-10-23(11-7-21)31(34)35)26(33)19-37-29-22(17-32)9-13-27-25(29)14-15-30(2,3)38-27/h6-16,32H,4-5,17-19H2,1-3H3. The number of non-ortho nitro benzene ring substituents is 1. The zero-order chi connectivity index (χ0) is 27.3. The van der Waals surface area contributed by atoms with E-state index in [4.69, 9.17) is 14.2 Å². The third-order valence-electron chi connectivity index (χ3n) is 6.21. The molecule has 0 radical (unpaired) electrons. The van der Waals surface area contributed by atoms with Crippen LogP contribution in [0.5, 0.6) is 17.2 Å². The molecule has 38 heavy (non-hydrogen) atoms. The van der Waals surface area contributed by atoms with Gasteiger partial charge in [-0.1, -0.05) is 19.4 Å². The molecule has 0 aromatic heterocycles. The van der Waals surface area contributed by atoms with Crippen molar-refractivity contribution in [3.63, 3.8) is 0 Å². The second-order valence-electron chi connectivity index (χ2n) is 9.67. The first kappa shape index (κ1) is 26.9. The number of carbonyl (C=O) groups is 1. The van der Waals surface area contributed by atoms with Crippen LogP contribution in [0.25, 0.3) is 6.08 Å². The number of fused-ring (bicyclic) bond motifs is 1. The van der Waals surface area contributed by atoms with Crippen LogP contribution < -0.4 is 14.2 Å². The highest BCUT2D eigenvalue weighted by Crippen LogP contribution is 2.39. The maximum Gasteiger partial charge on any atom is 0.269 e. The lowest BCUT2D eigenvalue weighted by atomic mass is 9.99. The lowest BCUT2D eigenvalue weighted by Gasteiger charge is -2.29. The van der Waals surface area contributed by atoms with Crippen LogP contribution in [0.4, 0.5) is 5.69 Å². The number of ketones is 1. The molecular weight excluding hydrogens is 486 g/mol. The molecule has 0 saturated carbocycles. The van der Waals surface area contributed by atoms with Crippen molar-refractivity contribution in [3.05, 3.63) is 98.6 Å². The molecule has 0 fully saturated rings. The second kappa shape index (κ2) is 11.5. The van der Waals surface area contributed by atoms with Crippen LogP contribution in [0.3, 0.4) is 0 Å². The molecule has 0 atom stereocenters.